The van der Waals surface area contributed by atoms with Gasteiger partial charge in [0.05, 0.1) is 32.7 Å². The second kappa shape index (κ2) is 9.90. The zero-order chi connectivity index (χ0) is 24.2. The average Bonchev–Trinajstić information content (AvgIpc) is 3.17. The fourth-order valence-corrected chi connectivity index (χ4v) is 4.30. The standard InChI is InChI=1S/C24H29N5O5/c1-27-24(31)29(18-10-6-5-7-11-18)22(26-27)16-9-8-12-28(15-16)23(30)25-17-13-19(32-2)21(34-4)20(14-17)33-3/h5-7,10-11,13-14,16H,8-9,12,15H2,1-4H3,(H,25,30). The van der Waals surface area contributed by atoms with Gasteiger partial charge in [-0.2, -0.15) is 5.10 Å². The summed E-state index contributed by atoms with van der Waals surface area (Å²) in [7, 11) is 6.22. The lowest BCUT2D eigenvalue weighted by Gasteiger charge is -2.32. The number of carbonyl (C=O) groups is 1. The number of aryl methyl sites for hydroxylation is 1. The van der Waals surface area contributed by atoms with Gasteiger partial charge < -0.3 is 24.4 Å². The number of nitrogens with one attached hydrogen (secondary N) is 1. The third kappa shape index (κ3) is 4.43. The number of aromatic nitrogens is 3. The third-order valence-corrected chi connectivity index (χ3v) is 5.95. The molecule has 1 fully saturated rings. The number of ether oxygens (including phenoxy) is 3. The summed E-state index contributed by atoms with van der Waals surface area (Å²) in [6.45, 7) is 1.05. The Bertz CT molecular complexity index is 1200. The summed E-state index contributed by atoms with van der Waals surface area (Å²) in [5.74, 6) is 1.94. The highest BCUT2D eigenvalue weighted by atomic mass is 16.5. The van der Waals surface area contributed by atoms with Gasteiger partial charge in [0.1, 0.15) is 5.82 Å². The van der Waals surface area contributed by atoms with E-state index < -0.39 is 0 Å². The molecule has 1 atom stereocenters. The number of anilines is 1. The number of hydrogen-bond donors (Lipinski definition) is 1. The summed E-state index contributed by atoms with van der Waals surface area (Å²) < 4.78 is 19.1. The van der Waals surface area contributed by atoms with Gasteiger partial charge in [-0.25, -0.2) is 18.8 Å². The molecule has 0 bridgehead atoms. The highest BCUT2D eigenvalue weighted by Gasteiger charge is 2.30. The van der Waals surface area contributed by atoms with E-state index in [0.29, 0.717) is 41.8 Å². The van der Waals surface area contributed by atoms with E-state index >= 15 is 0 Å². The molecular formula is C24H29N5O5. The highest BCUT2D eigenvalue weighted by molar-refractivity contribution is 5.90. The second-order valence-corrected chi connectivity index (χ2v) is 8.06. The van der Waals surface area contributed by atoms with Crippen LogP contribution in [0.15, 0.2) is 47.3 Å². The minimum atomic E-state index is -0.247. The minimum absolute atomic E-state index is 0.0754. The van der Waals surface area contributed by atoms with Crippen LogP contribution in [0.3, 0.4) is 0 Å². The molecule has 1 aromatic heterocycles. The van der Waals surface area contributed by atoms with Crippen LogP contribution in [0.1, 0.15) is 24.6 Å². The van der Waals surface area contributed by atoms with Crippen LogP contribution in [-0.4, -0.2) is 59.7 Å². The van der Waals surface area contributed by atoms with E-state index in [2.05, 4.69) is 10.4 Å². The molecule has 1 N–H and O–H groups in total. The second-order valence-electron chi connectivity index (χ2n) is 8.06. The van der Waals surface area contributed by atoms with Crippen molar-refractivity contribution in [2.75, 3.05) is 39.7 Å². The summed E-state index contributed by atoms with van der Waals surface area (Å²) in [6.07, 6.45) is 1.63. The molecule has 0 saturated carbocycles. The van der Waals surface area contributed by atoms with Crippen LogP contribution in [0.2, 0.25) is 0 Å². The van der Waals surface area contributed by atoms with Gasteiger partial charge in [0, 0.05) is 38.2 Å². The highest BCUT2D eigenvalue weighted by Crippen LogP contribution is 2.40. The maximum absolute atomic E-state index is 13.1. The van der Waals surface area contributed by atoms with Crippen LogP contribution in [0.5, 0.6) is 17.2 Å². The van der Waals surface area contributed by atoms with Gasteiger partial charge in [-0.05, 0) is 25.0 Å². The molecule has 10 nitrogen and oxygen atoms in total. The van der Waals surface area contributed by atoms with E-state index in [0.717, 1.165) is 18.5 Å². The number of benzene rings is 2. The van der Waals surface area contributed by atoms with Crippen molar-refractivity contribution in [2.24, 2.45) is 7.05 Å². The van der Waals surface area contributed by atoms with Crippen molar-refractivity contribution in [3.8, 4) is 22.9 Å². The number of hydrogen-bond acceptors (Lipinski definition) is 6. The van der Waals surface area contributed by atoms with Gasteiger partial charge in [0.15, 0.2) is 11.5 Å². The molecule has 0 spiro atoms. The smallest absolute Gasteiger partial charge is 0.350 e. The molecule has 10 heteroatoms. The Balaban J connectivity index is 1.56. The zero-order valence-electron chi connectivity index (χ0n) is 19.8. The molecule has 1 aliphatic rings. The number of carbonyl (C=O) groups excluding carboxylic acids is 1. The van der Waals surface area contributed by atoms with Crippen LogP contribution < -0.4 is 25.2 Å². The number of methoxy groups -OCH3 is 3. The molecule has 34 heavy (non-hydrogen) atoms. The summed E-state index contributed by atoms with van der Waals surface area (Å²) in [4.78, 5) is 27.7. The van der Waals surface area contributed by atoms with Crippen LogP contribution in [-0.2, 0) is 7.05 Å². The molecule has 2 aromatic carbocycles. The predicted molar refractivity (Wildman–Crippen MR) is 127 cm³/mol. The van der Waals surface area contributed by atoms with Crippen LogP contribution in [0.25, 0.3) is 5.69 Å². The first-order valence-corrected chi connectivity index (χ1v) is 11.0. The molecule has 2 amide bonds. The molecule has 3 aromatic rings. The Morgan fingerprint density at radius 3 is 2.35 bits per heavy atom. The summed E-state index contributed by atoms with van der Waals surface area (Å²) in [6, 6.07) is 12.6. The van der Waals surface area contributed by atoms with Gasteiger partial charge in [-0.3, -0.25) is 0 Å². The molecule has 1 unspecified atom stereocenters. The van der Waals surface area contributed by atoms with Crippen LogP contribution >= 0.6 is 0 Å². The number of amides is 2. The first-order valence-electron chi connectivity index (χ1n) is 11.0. The molecule has 0 aliphatic carbocycles. The van der Waals surface area contributed by atoms with E-state index in [1.54, 1.807) is 28.6 Å². The number of piperidine rings is 1. The molecule has 2 heterocycles. The van der Waals surface area contributed by atoms with E-state index in [-0.39, 0.29) is 17.6 Å². The number of para-hydroxylation sites is 1. The van der Waals surface area contributed by atoms with E-state index in [9.17, 15) is 9.59 Å². The fraction of sp³-hybridized carbons (Fsp3) is 0.375. The van der Waals surface area contributed by atoms with Gasteiger partial charge in [0.2, 0.25) is 5.75 Å². The van der Waals surface area contributed by atoms with Crippen LogP contribution in [0.4, 0.5) is 10.5 Å². The lowest BCUT2D eigenvalue weighted by Crippen LogP contribution is -2.42. The number of rotatable bonds is 6. The average molecular weight is 468 g/mol. The van der Waals surface area contributed by atoms with Gasteiger partial charge in [-0.15, -0.1) is 0 Å². The molecule has 0 radical (unpaired) electrons. The summed E-state index contributed by atoms with van der Waals surface area (Å²) >= 11 is 0. The van der Waals surface area contributed by atoms with E-state index in [1.807, 2.05) is 30.3 Å². The zero-order valence-corrected chi connectivity index (χ0v) is 19.8. The normalized spacial score (nSPS) is 15.6. The van der Waals surface area contributed by atoms with E-state index in [1.165, 1.54) is 26.0 Å². The van der Waals surface area contributed by atoms with Crippen molar-refractivity contribution in [1.29, 1.82) is 0 Å². The quantitative estimate of drug-likeness (QED) is 0.598. The summed E-state index contributed by atoms with van der Waals surface area (Å²) in [5.41, 5.74) is 1.08. The molecule has 180 valence electrons. The van der Waals surface area contributed by atoms with Gasteiger partial charge in [-0.1, -0.05) is 18.2 Å². The van der Waals surface area contributed by atoms with Crippen molar-refractivity contribution in [3.05, 3.63) is 58.8 Å². The lowest BCUT2D eigenvalue weighted by atomic mass is 9.97. The predicted octanol–water partition coefficient (Wildman–Crippen LogP) is 3.01. The number of likely N-dealkylation sites (tertiary alicyclic amines) is 1. The molecule has 1 aliphatic heterocycles. The Morgan fingerprint density at radius 1 is 1.06 bits per heavy atom. The van der Waals surface area contributed by atoms with Gasteiger partial charge >= 0.3 is 11.7 Å². The monoisotopic (exact) mass is 467 g/mol. The lowest BCUT2D eigenvalue weighted by molar-refractivity contribution is 0.191. The van der Waals surface area contributed by atoms with Crippen LogP contribution in [0, 0.1) is 0 Å². The first-order chi connectivity index (χ1) is 16.5. The van der Waals surface area contributed by atoms with Crippen molar-refractivity contribution >= 4 is 11.7 Å². The maximum atomic E-state index is 13.1. The number of urea groups is 1. The fourth-order valence-electron chi connectivity index (χ4n) is 4.30. The van der Waals surface area contributed by atoms with Gasteiger partial charge in [0.25, 0.3) is 0 Å². The van der Waals surface area contributed by atoms with Crippen molar-refractivity contribution in [2.45, 2.75) is 18.8 Å². The molecule has 1 saturated heterocycles. The number of nitrogens with zero attached hydrogens (tertiary/aromatic N) is 4. The Hall–Kier alpha value is -3.95. The third-order valence-electron chi connectivity index (χ3n) is 5.95. The minimum Gasteiger partial charge on any atom is -0.493 e. The Morgan fingerprint density at radius 2 is 1.74 bits per heavy atom. The van der Waals surface area contributed by atoms with Crippen molar-refractivity contribution in [1.82, 2.24) is 19.2 Å². The Kier molecular flexibility index (Phi) is 6.76. The van der Waals surface area contributed by atoms with Crippen molar-refractivity contribution < 1.29 is 19.0 Å². The molecular weight excluding hydrogens is 438 g/mol. The molecule has 4 rings (SSSR count). The van der Waals surface area contributed by atoms with Crippen molar-refractivity contribution in [3.63, 3.8) is 0 Å². The Labute approximate surface area is 197 Å². The first kappa shape index (κ1) is 23.2. The summed E-state index contributed by atoms with van der Waals surface area (Å²) in [5, 5.41) is 7.44. The maximum Gasteiger partial charge on any atom is 0.350 e. The largest absolute Gasteiger partial charge is 0.493 e. The van der Waals surface area contributed by atoms with E-state index in [4.69, 9.17) is 14.2 Å². The SMILES string of the molecule is COc1cc(NC(=O)N2CCCC(c3nn(C)c(=O)n3-c3ccccc3)C2)cc(OC)c1OC. The topological polar surface area (TPSA) is 99.9 Å².